The third-order valence-electron chi connectivity index (χ3n) is 3.08. The maximum atomic E-state index is 13.4. The Morgan fingerprint density at radius 2 is 1.50 bits per heavy atom. The van der Waals surface area contributed by atoms with Gasteiger partial charge in [-0.15, -0.1) is 0 Å². The van der Waals surface area contributed by atoms with E-state index in [1.807, 2.05) is 0 Å². The summed E-state index contributed by atoms with van der Waals surface area (Å²) < 4.78 is 65.5. The number of piperidine rings is 1. The highest BCUT2D eigenvalue weighted by Crippen LogP contribution is 2.27. The van der Waals surface area contributed by atoms with E-state index in [1.54, 1.807) is 5.32 Å². The maximum absolute atomic E-state index is 13.4. The Balaban J connectivity index is 2.27. The predicted octanol–water partition coefficient (Wildman–Crippen LogP) is 2.46. The number of benzene rings is 1. The van der Waals surface area contributed by atoms with Crippen molar-refractivity contribution in [1.82, 2.24) is 5.32 Å². The van der Waals surface area contributed by atoms with E-state index in [0.717, 1.165) is 12.8 Å². The van der Waals surface area contributed by atoms with Crippen LogP contribution in [0.2, 0.25) is 0 Å². The molecule has 1 heterocycles. The monoisotopic (exact) mass is 294 g/mol. The van der Waals surface area contributed by atoms with Crippen molar-refractivity contribution in [2.45, 2.75) is 25.3 Å². The van der Waals surface area contributed by atoms with Crippen LogP contribution in [0.5, 0.6) is 0 Å². The van der Waals surface area contributed by atoms with Gasteiger partial charge in [0.25, 0.3) is 0 Å². The van der Waals surface area contributed by atoms with Crippen LogP contribution in [-0.4, -0.2) is 18.5 Å². The lowest BCUT2D eigenvalue weighted by atomic mass is 10.0. The van der Waals surface area contributed by atoms with Crippen molar-refractivity contribution in [2.75, 3.05) is 11.9 Å². The van der Waals surface area contributed by atoms with Crippen molar-refractivity contribution in [1.29, 1.82) is 0 Å². The van der Waals surface area contributed by atoms with Gasteiger partial charge in [-0.2, -0.15) is 0 Å². The number of carbonyl (C=O) groups is 1. The van der Waals surface area contributed by atoms with Crippen molar-refractivity contribution >= 4 is 11.6 Å². The number of hydrogen-bond donors (Lipinski definition) is 2. The first-order valence-corrected chi connectivity index (χ1v) is 5.99. The van der Waals surface area contributed by atoms with Crippen molar-refractivity contribution in [2.24, 2.45) is 0 Å². The molecule has 8 heteroatoms. The first-order chi connectivity index (χ1) is 9.43. The van der Waals surface area contributed by atoms with Crippen LogP contribution in [-0.2, 0) is 4.79 Å². The first-order valence-electron chi connectivity index (χ1n) is 5.99. The second-order valence-electron chi connectivity index (χ2n) is 4.44. The highest BCUT2D eigenvalue weighted by Gasteiger charge is 2.29. The Morgan fingerprint density at radius 3 is 2.00 bits per heavy atom. The molecule has 1 saturated heterocycles. The number of carbonyl (C=O) groups excluding carboxylic acids is 1. The van der Waals surface area contributed by atoms with Gasteiger partial charge in [0.05, 0.1) is 6.04 Å². The average Bonchev–Trinajstić information content (AvgIpc) is 2.48. The molecule has 2 N–H and O–H groups in total. The van der Waals surface area contributed by atoms with Crippen LogP contribution in [0.1, 0.15) is 19.3 Å². The zero-order valence-corrected chi connectivity index (χ0v) is 10.2. The van der Waals surface area contributed by atoms with Gasteiger partial charge in [0.2, 0.25) is 11.7 Å². The lowest BCUT2D eigenvalue weighted by Gasteiger charge is -2.22. The number of rotatable bonds is 2. The standard InChI is InChI=1S/C12H11F5N2O/c13-6-7(14)9(16)11(10(17)8(6)15)19-12(20)5-3-1-2-4-18-5/h5,18H,1-4H2,(H,19,20). The Bertz CT molecular complexity index is 514. The molecule has 0 aromatic heterocycles. The fourth-order valence-corrected chi connectivity index (χ4v) is 2.00. The molecule has 110 valence electrons. The van der Waals surface area contributed by atoms with E-state index < -0.39 is 46.7 Å². The van der Waals surface area contributed by atoms with Crippen LogP contribution >= 0.6 is 0 Å². The lowest BCUT2D eigenvalue weighted by Crippen LogP contribution is -2.43. The zero-order valence-electron chi connectivity index (χ0n) is 10.2. The molecule has 0 spiro atoms. The van der Waals surface area contributed by atoms with Gasteiger partial charge in [-0.05, 0) is 19.4 Å². The smallest absolute Gasteiger partial charge is 0.241 e. The molecule has 0 radical (unpaired) electrons. The highest BCUT2D eigenvalue weighted by molar-refractivity contribution is 5.95. The SMILES string of the molecule is O=C(Nc1c(F)c(F)c(F)c(F)c1F)C1CCCCN1. The molecule has 20 heavy (non-hydrogen) atoms. The second kappa shape index (κ2) is 5.74. The molecule has 3 nitrogen and oxygen atoms in total. The molecule has 1 fully saturated rings. The van der Waals surface area contributed by atoms with Gasteiger partial charge in [-0.25, -0.2) is 22.0 Å². The molecular weight excluding hydrogens is 283 g/mol. The normalized spacial score (nSPS) is 18.9. The molecule has 1 aromatic carbocycles. The van der Waals surface area contributed by atoms with Crippen LogP contribution in [0.4, 0.5) is 27.6 Å². The molecule has 0 aliphatic carbocycles. The lowest BCUT2D eigenvalue weighted by molar-refractivity contribution is -0.118. The van der Waals surface area contributed by atoms with Crippen LogP contribution in [0, 0.1) is 29.1 Å². The van der Waals surface area contributed by atoms with Crippen molar-refractivity contribution < 1.29 is 26.7 Å². The fraction of sp³-hybridized carbons (Fsp3) is 0.417. The highest BCUT2D eigenvalue weighted by atomic mass is 19.2. The molecule has 0 bridgehead atoms. The van der Waals surface area contributed by atoms with E-state index in [4.69, 9.17) is 0 Å². The Hall–Kier alpha value is -1.70. The number of hydrogen-bond acceptors (Lipinski definition) is 2. The fourth-order valence-electron chi connectivity index (χ4n) is 2.00. The predicted molar refractivity (Wildman–Crippen MR) is 60.5 cm³/mol. The minimum atomic E-state index is -2.26. The molecule has 1 unspecified atom stereocenters. The van der Waals surface area contributed by atoms with E-state index in [1.165, 1.54) is 0 Å². The van der Waals surface area contributed by atoms with Gasteiger partial charge < -0.3 is 10.6 Å². The molecule has 1 atom stereocenters. The summed E-state index contributed by atoms with van der Waals surface area (Å²) in [6.07, 6.45) is 2.02. The van der Waals surface area contributed by atoms with Crippen LogP contribution in [0.3, 0.4) is 0 Å². The summed E-state index contributed by atoms with van der Waals surface area (Å²) >= 11 is 0. The zero-order chi connectivity index (χ0) is 14.9. The minimum absolute atomic E-state index is 0.432. The average molecular weight is 294 g/mol. The molecule has 1 amide bonds. The molecule has 1 aromatic rings. The minimum Gasteiger partial charge on any atom is -0.320 e. The third-order valence-corrected chi connectivity index (χ3v) is 3.08. The Morgan fingerprint density at radius 1 is 0.950 bits per heavy atom. The number of nitrogens with one attached hydrogen (secondary N) is 2. The summed E-state index contributed by atoms with van der Waals surface area (Å²) in [4.78, 5) is 11.7. The van der Waals surface area contributed by atoms with Gasteiger partial charge in [0.1, 0.15) is 5.69 Å². The molecule has 0 saturated carbocycles. The molecule has 2 rings (SSSR count). The number of amides is 1. The summed E-state index contributed by atoms with van der Waals surface area (Å²) in [5, 5.41) is 4.56. The van der Waals surface area contributed by atoms with Gasteiger partial charge in [-0.3, -0.25) is 4.79 Å². The van der Waals surface area contributed by atoms with Gasteiger partial charge in [0.15, 0.2) is 23.3 Å². The van der Waals surface area contributed by atoms with E-state index in [-0.39, 0.29) is 0 Å². The maximum Gasteiger partial charge on any atom is 0.241 e. The summed E-state index contributed by atoms with van der Waals surface area (Å²) in [6.45, 7) is 0.551. The quantitative estimate of drug-likeness (QED) is 0.500. The van der Waals surface area contributed by atoms with E-state index >= 15 is 0 Å². The topological polar surface area (TPSA) is 41.1 Å². The Kier molecular flexibility index (Phi) is 4.22. The van der Waals surface area contributed by atoms with Gasteiger partial charge in [-0.1, -0.05) is 6.42 Å². The number of anilines is 1. The third kappa shape index (κ3) is 2.60. The van der Waals surface area contributed by atoms with Crippen molar-refractivity contribution in [3.05, 3.63) is 29.1 Å². The van der Waals surface area contributed by atoms with Gasteiger partial charge in [0, 0.05) is 0 Å². The molecule has 1 aliphatic heterocycles. The van der Waals surface area contributed by atoms with Crippen LogP contribution < -0.4 is 10.6 Å². The van der Waals surface area contributed by atoms with E-state index in [9.17, 15) is 26.7 Å². The summed E-state index contributed by atoms with van der Waals surface area (Å²) in [5.74, 6) is -11.4. The van der Waals surface area contributed by atoms with Gasteiger partial charge >= 0.3 is 0 Å². The van der Waals surface area contributed by atoms with E-state index in [0.29, 0.717) is 13.0 Å². The van der Waals surface area contributed by atoms with Crippen molar-refractivity contribution in [3.63, 3.8) is 0 Å². The first kappa shape index (κ1) is 14.7. The van der Waals surface area contributed by atoms with Crippen LogP contribution in [0.25, 0.3) is 0 Å². The van der Waals surface area contributed by atoms with E-state index in [2.05, 4.69) is 5.32 Å². The molecule has 1 aliphatic rings. The second-order valence-corrected chi connectivity index (χ2v) is 4.44. The Labute approximate surface area is 111 Å². The summed E-state index contributed by atoms with van der Waals surface area (Å²) in [7, 11) is 0. The number of halogens is 5. The largest absolute Gasteiger partial charge is 0.320 e. The van der Waals surface area contributed by atoms with Crippen molar-refractivity contribution in [3.8, 4) is 0 Å². The van der Waals surface area contributed by atoms with Crippen LogP contribution in [0.15, 0.2) is 0 Å². The summed E-state index contributed by atoms with van der Waals surface area (Å²) in [5.41, 5.74) is -1.32. The molecular formula is C12H11F5N2O. The summed E-state index contributed by atoms with van der Waals surface area (Å²) in [6, 6.07) is -0.710.